The van der Waals surface area contributed by atoms with Crippen LogP contribution >= 0.6 is 0 Å². The summed E-state index contributed by atoms with van der Waals surface area (Å²) in [5.74, 6) is 0.266. The van der Waals surface area contributed by atoms with Crippen LogP contribution in [0.5, 0.6) is 0 Å². The maximum absolute atomic E-state index is 11.6. The summed E-state index contributed by atoms with van der Waals surface area (Å²) < 4.78 is 10.2. The molecule has 0 N–H and O–H groups in total. The lowest BCUT2D eigenvalue weighted by molar-refractivity contribution is 0.0507. The summed E-state index contributed by atoms with van der Waals surface area (Å²) in [6.45, 7) is 2.13. The van der Waals surface area contributed by atoms with Crippen molar-refractivity contribution in [3.63, 3.8) is 0 Å². The maximum Gasteiger partial charge on any atom is 0.341 e. The van der Waals surface area contributed by atoms with Gasteiger partial charge in [-0.1, -0.05) is 30.3 Å². The molecule has 0 aliphatic carbocycles. The molecule has 0 saturated carbocycles. The van der Waals surface area contributed by atoms with Gasteiger partial charge in [0, 0.05) is 6.42 Å². The standard InChI is InChI=1S/C14H14O3/c1-11-13(8-10-16-11)14(15)17-9-7-12-5-3-2-4-6-12/h2-6,8,10H,7,9H2,1H3. The number of hydrogen-bond acceptors (Lipinski definition) is 3. The Kier molecular flexibility index (Phi) is 3.60. The summed E-state index contributed by atoms with van der Waals surface area (Å²) in [5.41, 5.74) is 1.65. The second-order valence-corrected chi connectivity index (χ2v) is 3.76. The average molecular weight is 230 g/mol. The number of carbonyl (C=O) groups excluding carboxylic acids is 1. The predicted octanol–water partition coefficient (Wildman–Crippen LogP) is 2.99. The van der Waals surface area contributed by atoms with Crippen LogP contribution in [0.25, 0.3) is 0 Å². The Hall–Kier alpha value is -2.03. The molecule has 3 heteroatoms. The van der Waals surface area contributed by atoms with E-state index in [-0.39, 0.29) is 5.97 Å². The fraction of sp³-hybridized carbons (Fsp3) is 0.214. The Labute approximate surface area is 100 Å². The highest BCUT2D eigenvalue weighted by Gasteiger charge is 2.12. The molecule has 0 amide bonds. The first-order valence-corrected chi connectivity index (χ1v) is 5.52. The molecule has 0 unspecified atom stereocenters. The van der Waals surface area contributed by atoms with E-state index in [9.17, 15) is 4.79 Å². The molecule has 0 radical (unpaired) electrons. The lowest BCUT2D eigenvalue weighted by Gasteiger charge is -2.03. The van der Waals surface area contributed by atoms with Crippen molar-refractivity contribution in [2.24, 2.45) is 0 Å². The molecule has 0 saturated heterocycles. The van der Waals surface area contributed by atoms with E-state index >= 15 is 0 Å². The molecule has 1 heterocycles. The summed E-state index contributed by atoms with van der Waals surface area (Å²) in [6.07, 6.45) is 2.21. The fourth-order valence-electron chi connectivity index (χ4n) is 1.58. The van der Waals surface area contributed by atoms with Gasteiger partial charge >= 0.3 is 5.97 Å². The van der Waals surface area contributed by atoms with Crippen molar-refractivity contribution in [1.82, 2.24) is 0 Å². The highest BCUT2D eigenvalue weighted by molar-refractivity contribution is 5.90. The first kappa shape index (κ1) is 11.5. The third kappa shape index (κ3) is 2.97. The van der Waals surface area contributed by atoms with Crippen LogP contribution in [0.2, 0.25) is 0 Å². The summed E-state index contributed by atoms with van der Waals surface area (Å²) >= 11 is 0. The Morgan fingerprint density at radius 1 is 1.24 bits per heavy atom. The van der Waals surface area contributed by atoms with Crippen LogP contribution in [0.1, 0.15) is 21.7 Å². The largest absolute Gasteiger partial charge is 0.469 e. The molecule has 1 aromatic carbocycles. The number of furan rings is 1. The Bertz CT molecular complexity index is 485. The SMILES string of the molecule is Cc1occc1C(=O)OCCc1ccccc1. The molecule has 88 valence electrons. The van der Waals surface area contributed by atoms with E-state index in [1.807, 2.05) is 30.3 Å². The van der Waals surface area contributed by atoms with Gasteiger partial charge in [-0.3, -0.25) is 0 Å². The summed E-state index contributed by atoms with van der Waals surface area (Å²) in [6, 6.07) is 11.5. The molecular weight excluding hydrogens is 216 g/mol. The van der Waals surface area contributed by atoms with Gasteiger partial charge in [0.25, 0.3) is 0 Å². The second-order valence-electron chi connectivity index (χ2n) is 3.76. The van der Waals surface area contributed by atoms with Crippen LogP contribution < -0.4 is 0 Å². The number of benzene rings is 1. The third-order valence-electron chi connectivity index (χ3n) is 2.55. The zero-order valence-corrected chi connectivity index (χ0v) is 9.68. The van der Waals surface area contributed by atoms with Crippen LogP contribution in [0.15, 0.2) is 47.1 Å². The van der Waals surface area contributed by atoms with Crippen LogP contribution in [-0.4, -0.2) is 12.6 Å². The number of ether oxygens (including phenoxy) is 1. The molecule has 1 aromatic heterocycles. The molecule has 17 heavy (non-hydrogen) atoms. The van der Waals surface area contributed by atoms with E-state index in [2.05, 4.69) is 0 Å². The topological polar surface area (TPSA) is 39.4 Å². The quantitative estimate of drug-likeness (QED) is 0.758. The zero-order valence-electron chi connectivity index (χ0n) is 9.68. The van der Waals surface area contributed by atoms with Crippen LogP contribution in [0.3, 0.4) is 0 Å². The Balaban J connectivity index is 1.84. The van der Waals surface area contributed by atoms with Gasteiger partial charge in [0.2, 0.25) is 0 Å². The lowest BCUT2D eigenvalue weighted by atomic mass is 10.2. The smallest absolute Gasteiger partial charge is 0.341 e. The van der Waals surface area contributed by atoms with Crippen molar-refractivity contribution < 1.29 is 13.9 Å². The van der Waals surface area contributed by atoms with Crippen molar-refractivity contribution in [3.8, 4) is 0 Å². The molecule has 2 rings (SSSR count). The molecule has 0 spiro atoms. The van der Waals surface area contributed by atoms with E-state index in [1.54, 1.807) is 13.0 Å². The molecule has 0 atom stereocenters. The third-order valence-corrected chi connectivity index (χ3v) is 2.55. The number of aryl methyl sites for hydroxylation is 1. The van der Waals surface area contributed by atoms with Gasteiger partial charge in [-0.15, -0.1) is 0 Å². The van der Waals surface area contributed by atoms with E-state index in [1.165, 1.54) is 6.26 Å². The first-order chi connectivity index (χ1) is 8.27. The van der Waals surface area contributed by atoms with Crippen molar-refractivity contribution in [3.05, 3.63) is 59.5 Å². The number of carbonyl (C=O) groups is 1. The molecular formula is C14H14O3. The molecule has 0 aliphatic heterocycles. The van der Waals surface area contributed by atoms with Crippen molar-refractivity contribution in [1.29, 1.82) is 0 Å². The van der Waals surface area contributed by atoms with Gasteiger partial charge in [0.1, 0.15) is 11.3 Å². The minimum atomic E-state index is -0.327. The number of rotatable bonds is 4. The molecule has 2 aromatic rings. The van der Waals surface area contributed by atoms with E-state index in [0.717, 1.165) is 12.0 Å². The maximum atomic E-state index is 11.6. The van der Waals surface area contributed by atoms with Crippen molar-refractivity contribution >= 4 is 5.97 Å². The monoisotopic (exact) mass is 230 g/mol. The summed E-state index contributed by atoms with van der Waals surface area (Å²) in [5, 5.41) is 0. The van der Waals surface area contributed by atoms with Gasteiger partial charge in [-0.2, -0.15) is 0 Å². The van der Waals surface area contributed by atoms with Gasteiger partial charge in [0.15, 0.2) is 0 Å². The molecule has 0 fully saturated rings. The zero-order chi connectivity index (χ0) is 12.1. The van der Waals surface area contributed by atoms with Crippen LogP contribution in [0, 0.1) is 6.92 Å². The predicted molar refractivity (Wildman–Crippen MR) is 63.9 cm³/mol. The number of esters is 1. The van der Waals surface area contributed by atoms with Gasteiger partial charge < -0.3 is 9.15 Å². The lowest BCUT2D eigenvalue weighted by Crippen LogP contribution is -2.08. The molecule has 3 nitrogen and oxygen atoms in total. The molecule has 0 bridgehead atoms. The Morgan fingerprint density at radius 3 is 2.65 bits per heavy atom. The Morgan fingerprint density at radius 2 is 2.00 bits per heavy atom. The van der Waals surface area contributed by atoms with Gasteiger partial charge in [-0.05, 0) is 18.6 Å². The average Bonchev–Trinajstić information content (AvgIpc) is 2.77. The second kappa shape index (κ2) is 5.34. The summed E-state index contributed by atoms with van der Waals surface area (Å²) in [7, 11) is 0. The van der Waals surface area contributed by atoms with E-state index in [4.69, 9.17) is 9.15 Å². The van der Waals surface area contributed by atoms with Gasteiger partial charge in [-0.25, -0.2) is 4.79 Å². The van der Waals surface area contributed by atoms with Crippen molar-refractivity contribution in [2.45, 2.75) is 13.3 Å². The summed E-state index contributed by atoms with van der Waals surface area (Å²) in [4.78, 5) is 11.6. The minimum Gasteiger partial charge on any atom is -0.469 e. The van der Waals surface area contributed by atoms with Gasteiger partial charge in [0.05, 0.1) is 12.9 Å². The first-order valence-electron chi connectivity index (χ1n) is 5.52. The highest BCUT2D eigenvalue weighted by Crippen LogP contribution is 2.10. The van der Waals surface area contributed by atoms with Crippen LogP contribution in [0.4, 0.5) is 0 Å². The van der Waals surface area contributed by atoms with Crippen LogP contribution in [-0.2, 0) is 11.2 Å². The normalized spacial score (nSPS) is 10.2. The fourth-order valence-corrected chi connectivity index (χ4v) is 1.58. The van der Waals surface area contributed by atoms with E-state index in [0.29, 0.717) is 17.9 Å². The minimum absolute atomic E-state index is 0.327. The number of hydrogen-bond donors (Lipinski definition) is 0. The molecule has 0 aliphatic rings. The highest BCUT2D eigenvalue weighted by atomic mass is 16.5. The van der Waals surface area contributed by atoms with Crippen molar-refractivity contribution in [2.75, 3.05) is 6.61 Å². The van der Waals surface area contributed by atoms with E-state index < -0.39 is 0 Å².